The molecule has 0 radical (unpaired) electrons. The van der Waals surface area contributed by atoms with Gasteiger partial charge in [-0.15, -0.1) is 0 Å². The van der Waals surface area contributed by atoms with Crippen LogP contribution < -0.4 is 18.9 Å². The van der Waals surface area contributed by atoms with Crippen molar-refractivity contribution in [3.05, 3.63) is 52.2 Å². The summed E-state index contributed by atoms with van der Waals surface area (Å²) in [5, 5.41) is 13.3. The fourth-order valence-corrected chi connectivity index (χ4v) is 3.79. The number of hydrogen-bond donors (Lipinski definition) is 0. The van der Waals surface area contributed by atoms with Crippen LogP contribution in [0.3, 0.4) is 0 Å². The Morgan fingerprint density at radius 3 is 2.11 bits per heavy atom. The van der Waals surface area contributed by atoms with Gasteiger partial charge in [-0.25, -0.2) is 0 Å². The van der Waals surface area contributed by atoms with E-state index in [4.69, 9.17) is 18.9 Å². The summed E-state index contributed by atoms with van der Waals surface area (Å²) in [5.41, 5.74) is 3.19. The molecule has 0 aromatic heterocycles. The molecular formula is C21H27NO5. The Hall–Kier alpha value is -2.44. The first-order valence-electron chi connectivity index (χ1n) is 8.95. The zero-order valence-corrected chi connectivity index (χ0v) is 16.6. The molecular weight excluding hydrogens is 346 g/mol. The van der Waals surface area contributed by atoms with E-state index in [1.165, 1.54) is 0 Å². The van der Waals surface area contributed by atoms with E-state index in [-0.39, 0.29) is 10.7 Å². The highest BCUT2D eigenvalue weighted by atomic mass is 16.5. The monoisotopic (exact) mass is 373 g/mol. The lowest BCUT2D eigenvalue weighted by Crippen LogP contribution is -2.47. The van der Waals surface area contributed by atoms with E-state index in [0.717, 1.165) is 23.1 Å². The van der Waals surface area contributed by atoms with E-state index >= 15 is 0 Å². The van der Waals surface area contributed by atoms with Crippen LogP contribution in [0, 0.1) is 5.21 Å². The van der Waals surface area contributed by atoms with Crippen molar-refractivity contribution in [2.45, 2.75) is 18.9 Å². The fraction of sp³-hybridized carbons (Fsp3) is 0.429. The number of likely N-dealkylation sites (N-methyl/N-ethyl adjacent to an activating group) is 1. The number of hydrogen-bond acceptors (Lipinski definition) is 5. The molecule has 2 aromatic rings. The molecule has 0 amide bonds. The molecule has 0 bridgehead atoms. The second-order valence-corrected chi connectivity index (χ2v) is 6.96. The van der Waals surface area contributed by atoms with Gasteiger partial charge in [0, 0.05) is 18.4 Å². The van der Waals surface area contributed by atoms with Crippen LogP contribution in [0.4, 0.5) is 0 Å². The second-order valence-electron chi connectivity index (χ2n) is 6.96. The van der Waals surface area contributed by atoms with Crippen molar-refractivity contribution in [3.63, 3.8) is 0 Å². The van der Waals surface area contributed by atoms with E-state index in [9.17, 15) is 5.21 Å². The summed E-state index contributed by atoms with van der Waals surface area (Å²) in [7, 11) is 8.21. The summed E-state index contributed by atoms with van der Waals surface area (Å²) in [5.74, 6) is 2.69. The minimum atomic E-state index is -0.323. The topological polar surface area (TPSA) is 60.0 Å². The molecule has 0 N–H and O–H groups in total. The minimum absolute atomic E-state index is 0.230. The van der Waals surface area contributed by atoms with Gasteiger partial charge >= 0.3 is 0 Å². The standard InChI is InChI=1S/C21H27NO5/c1-22(23)9-8-15-12-20(26-4)21(27-5)13-16(15)17(22)10-14-6-7-18(24-2)19(11-14)25-3/h6-7,11-13,17H,8-10H2,1-5H3/t17-,22+/m1/s1. The predicted molar refractivity (Wildman–Crippen MR) is 104 cm³/mol. The van der Waals surface area contributed by atoms with Gasteiger partial charge in [-0.1, -0.05) is 6.07 Å². The van der Waals surface area contributed by atoms with Crippen molar-refractivity contribution in [1.29, 1.82) is 0 Å². The number of nitrogens with zero attached hydrogens (tertiary/aromatic N) is 1. The van der Waals surface area contributed by atoms with Crippen LogP contribution in [0.1, 0.15) is 22.7 Å². The highest BCUT2D eigenvalue weighted by Crippen LogP contribution is 2.42. The van der Waals surface area contributed by atoms with Crippen molar-refractivity contribution in [2.24, 2.45) is 0 Å². The third kappa shape index (κ3) is 3.68. The molecule has 0 aliphatic carbocycles. The summed E-state index contributed by atoms with van der Waals surface area (Å²) >= 11 is 0. The molecule has 0 saturated carbocycles. The van der Waals surface area contributed by atoms with E-state index in [1.807, 2.05) is 30.3 Å². The lowest BCUT2D eigenvalue weighted by Gasteiger charge is -2.49. The summed E-state index contributed by atoms with van der Waals surface area (Å²) in [6.45, 7) is 0.528. The van der Waals surface area contributed by atoms with Crippen LogP contribution in [-0.4, -0.2) is 46.7 Å². The summed E-state index contributed by atoms with van der Waals surface area (Å²) < 4.78 is 21.3. The van der Waals surface area contributed by atoms with Crippen molar-refractivity contribution in [1.82, 2.24) is 0 Å². The quantitative estimate of drug-likeness (QED) is 0.573. The SMILES string of the molecule is COc1ccc(C[C@@H]2c3cc(OC)c(OC)cc3CC[N@+]2(C)[O-])cc1OC. The molecule has 6 heteroatoms. The van der Waals surface area contributed by atoms with E-state index < -0.39 is 0 Å². The Balaban J connectivity index is 2.02. The molecule has 27 heavy (non-hydrogen) atoms. The van der Waals surface area contributed by atoms with Gasteiger partial charge < -0.3 is 28.8 Å². The highest BCUT2D eigenvalue weighted by molar-refractivity contribution is 5.50. The number of fused-ring (bicyclic) bond motifs is 1. The van der Waals surface area contributed by atoms with Crippen molar-refractivity contribution >= 4 is 0 Å². The Labute approximate surface area is 160 Å². The van der Waals surface area contributed by atoms with Crippen LogP contribution in [0.2, 0.25) is 0 Å². The van der Waals surface area contributed by atoms with E-state index in [0.29, 0.717) is 36.0 Å². The number of rotatable bonds is 6. The van der Waals surface area contributed by atoms with Gasteiger partial charge in [0.25, 0.3) is 0 Å². The average molecular weight is 373 g/mol. The van der Waals surface area contributed by atoms with Gasteiger partial charge in [0.05, 0.1) is 42.0 Å². The number of quaternary nitrogens is 1. The largest absolute Gasteiger partial charge is 0.633 e. The molecule has 0 saturated heterocycles. The third-order valence-corrected chi connectivity index (χ3v) is 5.37. The minimum Gasteiger partial charge on any atom is -0.633 e. The molecule has 146 valence electrons. The number of hydroxylamine groups is 3. The molecule has 1 aliphatic rings. The van der Waals surface area contributed by atoms with E-state index in [2.05, 4.69) is 0 Å². The molecule has 2 aromatic carbocycles. The summed E-state index contributed by atoms with van der Waals surface area (Å²) in [4.78, 5) is 0. The zero-order chi connectivity index (χ0) is 19.6. The van der Waals surface area contributed by atoms with Gasteiger partial charge in [0.15, 0.2) is 23.0 Å². The lowest BCUT2D eigenvalue weighted by molar-refractivity contribution is -0.894. The maximum atomic E-state index is 13.3. The lowest BCUT2D eigenvalue weighted by atomic mass is 9.88. The van der Waals surface area contributed by atoms with Gasteiger partial charge in [-0.3, -0.25) is 0 Å². The third-order valence-electron chi connectivity index (χ3n) is 5.37. The molecule has 3 rings (SSSR count). The summed E-state index contributed by atoms with van der Waals surface area (Å²) in [6.07, 6.45) is 1.32. The molecule has 0 unspecified atom stereocenters. The number of methoxy groups -OCH3 is 4. The maximum absolute atomic E-state index is 13.3. The molecule has 1 aliphatic heterocycles. The first-order chi connectivity index (χ1) is 12.9. The number of ether oxygens (including phenoxy) is 4. The molecule has 6 nitrogen and oxygen atoms in total. The van der Waals surface area contributed by atoms with Crippen LogP contribution in [-0.2, 0) is 12.8 Å². The Kier molecular flexibility index (Phi) is 5.48. The molecule has 0 fully saturated rings. The zero-order valence-electron chi connectivity index (χ0n) is 16.6. The smallest absolute Gasteiger partial charge is 0.161 e. The first kappa shape index (κ1) is 19.3. The van der Waals surface area contributed by atoms with Crippen LogP contribution >= 0.6 is 0 Å². The van der Waals surface area contributed by atoms with E-state index in [1.54, 1.807) is 35.5 Å². The predicted octanol–water partition coefficient (Wildman–Crippen LogP) is 3.51. The summed E-state index contributed by atoms with van der Waals surface area (Å²) in [6, 6.07) is 9.51. The average Bonchev–Trinajstić information content (AvgIpc) is 2.68. The molecule has 2 atom stereocenters. The van der Waals surface area contributed by atoms with Crippen molar-refractivity contribution < 1.29 is 23.6 Å². The first-order valence-corrected chi connectivity index (χ1v) is 8.95. The van der Waals surface area contributed by atoms with Gasteiger partial charge in [-0.2, -0.15) is 0 Å². The fourth-order valence-electron chi connectivity index (χ4n) is 3.79. The van der Waals surface area contributed by atoms with Crippen LogP contribution in [0.25, 0.3) is 0 Å². The second kappa shape index (κ2) is 7.66. The van der Waals surface area contributed by atoms with Gasteiger partial charge in [-0.05, 0) is 35.4 Å². The Morgan fingerprint density at radius 1 is 0.889 bits per heavy atom. The molecule has 1 heterocycles. The molecule has 0 spiro atoms. The van der Waals surface area contributed by atoms with Crippen molar-refractivity contribution in [3.8, 4) is 23.0 Å². The van der Waals surface area contributed by atoms with Crippen molar-refractivity contribution in [2.75, 3.05) is 42.0 Å². The normalized spacial score (nSPS) is 21.3. The highest BCUT2D eigenvalue weighted by Gasteiger charge is 2.34. The maximum Gasteiger partial charge on any atom is 0.161 e. The van der Waals surface area contributed by atoms with Crippen LogP contribution in [0.15, 0.2) is 30.3 Å². The van der Waals surface area contributed by atoms with Gasteiger partial charge in [0.1, 0.15) is 6.04 Å². The number of benzene rings is 2. The van der Waals surface area contributed by atoms with Crippen LogP contribution in [0.5, 0.6) is 23.0 Å². The van der Waals surface area contributed by atoms with Gasteiger partial charge in [0.2, 0.25) is 0 Å². The Morgan fingerprint density at radius 2 is 1.48 bits per heavy atom. The Bertz CT molecular complexity index is 818.